The number of likely N-dealkylation sites (tertiary alicyclic amines) is 1. The number of rotatable bonds is 6. The molecule has 0 saturated carbocycles. The van der Waals surface area contributed by atoms with Crippen LogP contribution >= 0.6 is 0 Å². The number of carbonyl (C=O) groups is 2. The van der Waals surface area contributed by atoms with Crippen molar-refractivity contribution in [2.24, 2.45) is 5.92 Å². The van der Waals surface area contributed by atoms with Crippen molar-refractivity contribution < 1.29 is 14.3 Å². The van der Waals surface area contributed by atoms with Crippen LogP contribution < -0.4 is 15.4 Å². The minimum atomic E-state index is -0.233. The smallest absolute Gasteiger partial charge is 0.255 e. The summed E-state index contributed by atoms with van der Waals surface area (Å²) in [6.07, 6.45) is 2.27. The van der Waals surface area contributed by atoms with E-state index in [2.05, 4.69) is 22.5 Å². The lowest BCUT2D eigenvalue weighted by Crippen LogP contribution is -2.45. The highest BCUT2D eigenvalue weighted by atomic mass is 16.5. The van der Waals surface area contributed by atoms with Gasteiger partial charge in [-0.2, -0.15) is 0 Å². The third-order valence-electron chi connectivity index (χ3n) is 5.52. The Hall–Kier alpha value is -2.86. The van der Waals surface area contributed by atoms with E-state index < -0.39 is 0 Å². The second-order valence-electron chi connectivity index (χ2n) is 7.62. The van der Waals surface area contributed by atoms with Crippen LogP contribution in [0.15, 0.2) is 48.5 Å². The molecule has 0 aromatic heterocycles. The summed E-state index contributed by atoms with van der Waals surface area (Å²) in [4.78, 5) is 27.3. The first-order valence-electron chi connectivity index (χ1n) is 10.1. The number of nitrogens with zero attached hydrogens (tertiary/aromatic N) is 1. The summed E-state index contributed by atoms with van der Waals surface area (Å²) in [6, 6.07) is 14.0. The van der Waals surface area contributed by atoms with Crippen molar-refractivity contribution in [1.82, 2.24) is 4.90 Å². The largest absolute Gasteiger partial charge is 0.495 e. The Morgan fingerprint density at radius 3 is 2.34 bits per heavy atom. The lowest BCUT2D eigenvalue weighted by Gasteiger charge is -2.34. The SMILES string of the molecule is COc1ccccc1NC(=O)c1ccc(NC(=O)C(C)N2CCC(C)CC2)cc1. The molecule has 2 aromatic rings. The molecule has 0 bridgehead atoms. The van der Waals surface area contributed by atoms with Gasteiger partial charge < -0.3 is 15.4 Å². The van der Waals surface area contributed by atoms with Gasteiger partial charge in [-0.25, -0.2) is 0 Å². The van der Waals surface area contributed by atoms with Crippen LogP contribution in [-0.2, 0) is 4.79 Å². The number of piperidine rings is 1. The van der Waals surface area contributed by atoms with E-state index in [4.69, 9.17) is 4.74 Å². The lowest BCUT2D eigenvalue weighted by atomic mass is 9.98. The molecule has 29 heavy (non-hydrogen) atoms. The Bertz CT molecular complexity index is 843. The first-order chi connectivity index (χ1) is 14.0. The van der Waals surface area contributed by atoms with Crippen molar-refractivity contribution in [3.8, 4) is 5.75 Å². The lowest BCUT2D eigenvalue weighted by molar-refractivity contribution is -0.121. The number of hydrogen-bond donors (Lipinski definition) is 2. The fourth-order valence-electron chi connectivity index (χ4n) is 3.48. The molecule has 2 amide bonds. The molecular formula is C23H29N3O3. The molecule has 2 aromatic carbocycles. The van der Waals surface area contributed by atoms with Crippen molar-refractivity contribution >= 4 is 23.2 Å². The second kappa shape index (κ2) is 9.56. The third-order valence-corrected chi connectivity index (χ3v) is 5.52. The van der Waals surface area contributed by atoms with Gasteiger partial charge in [0.25, 0.3) is 5.91 Å². The average Bonchev–Trinajstić information content (AvgIpc) is 2.74. The van der Waals surface area contributed by atoms with E-state index in [9.17, 15) is 9.59 Å². The van der Waals surface area contributed by atoms with E-state index in [-0.39, 0.29) is 17.9 Å². The number of benzene rings is 2. The first-order valence-corrected chi connectivity index (χ1v) is 10.1. The summed E-state index contributed by atoms with van der Waals surface area (Å²) >= 11 is 0. The maximum Gasteiger partial charge on any atom is 0.255 e. The monoisotopic (exact) mass is 395 g/mol. The normalized spacial score (nSPS) is 16.1. The zero-order valence-electron chi connectivity index (χ0n) is 17.3. The van der Waals surface area contributed by atoms with Crippen LogP contribution in [0.5, 0.6) is 5.75 Å². The number of para-hydroxylation sites is 2. The average molecular weight is 396 g/mol. The Balaban J connectivity index is 1.58. The number of hydrogen-bond acceptors (Lipinski definition) is 4. The van der Waals surface area contributed by atoms with Gasteiger partial charge in [0, 0.05) is 11.3 Å². The van der Waals surface area contributed by atoms with Crippen LogP contribution in [0, 0.1) is 5.92 Å². The van der Waals surface area contributed by atoms with Gasteiger partial charge in [-0.05, 0) is 75.2 Å². The topological polar surface area (TPSA) is 70.7 Å². The molecule has 1 fully saturated rings. The number of amides is 2. The van der Waals surface area contributed by atoms with Gasteiger partial charge in [-0.3, -0.25) is 14.5 Å². The molecule has 1 saturated heterocycles. The zero-order chi connectivity index (χ0) is 20.8. The van der Waals surface area contributed by atoms with Crippen molar-refractivity contribution in [1.29, 1.82) is 0 Å². The molecule has 1 heterocycles. The maximum absolute atomic E-state index is 12.6. The van der Waals surface area contributed by atoms with Crippen LogP contribution in [0.4, 0.5) is 11.4 Å². The second-order valence-corrected chi connectivity index (χ2v) is 7.62. The van der Waals surface area contributed by atoms with Gasteiger partial charge in [-0.15, -0.1) is 0 Å². The van der Waals surface area contributed by atoms with E-state index in [1.54, 1.807) is 43.5 Å². The van der Waals surface area contributed by atoms with E-state index in [0.29, 0.717) is 22.7 Å². The fourth-order valence-corrected chi connectivity index (χ4v) is 3.48. The predicted molar refractivity (Wildman–Crippen MR) is 115 cm³/mol. The molecule has 2 N–H and O–H groups in total. The molecule has 1 atom stereocenters. The molecular weight excluding hydrogens is 366 g/mol. The van der Waals surface area contributed by atoms with Crippen LogP contribution in [0.3, 0.4) is 0 Å². The Kier molecular flexibility index (Phi) is 6.88. The van der Waals surface area contributed by atoms with E-state index >= 15 is 0 Å². The van der Waals surface area contributed by atoms with E-state index in [1.807, 2.05) is 19.1 Å². The Morgan fingerprint density at radius 1 is 1.03 bits per heavy atom. The molecule has 0 spiro atoms. The van der Waals surface area contributed by atoms with Crippen molar-refractivity contribution in [3.05, 3.63) is 54.1 Å². The van der Waals surface area contributed by atoms with Gasteiger partial charge >= 0.3 is 0 Å². The number of carbonyl (C=O) groups excluding carboxylic acids is 2. The van der Waals surface area contributed by atoms with Crippen LogP contribution in [-0.4, -0.2) is 43.0 Å². The number of methoxy groups -OCH3 is 1. The van der Waals surface area contributed by atoms with Crippen LogP contribution in [0.25, 0.3) is 0 Å². The summed E-state index contributed by atoms with van der Waals surface area (Å²) in [5, 5.41) is 5.80. The number of nitrogens with one attached hydrogen (secondary N) is 2. The molecule has 0 radical (unpaired) electrons. The summed E-state index contributed by atoms with van der Waals surface area (Å²) in [6.45, 7) is 6.11. The van der Waals surface area contributed by atoms with Crippen molar-refractivity contribution in [3.63, 3.8) is 0 Å². The van der Waals surface area contributed by atoms with Gasteiger partial charge in [0.2, 0.25) is 5.91 Å². The fraction of sp³-hybridized carbons (Fsp3) is 0.391. The minimum Gasteiger partial charge on any atom is -0.495 e. The molecule has 6 nitrogen and oxygen atoms in total. The highest BCUT2D eigenvalue weighted by Crippen LogP contribution is 2.24. The number of anilines is 2. The summed E-state index contributed by atoms with van der Waals surface area (Å²) in [5.74, 6) is 1.08. The van der Waals surface area contributed by atoms with Crippen LogP contribution in [0.2, 0.25) is 0 Å². The van der Waals surface area contributed by atoms with Gasteiger partial charge in [0.05, 0.1) is 18.8 Å². The quantitative estimate of drug-likeness (QED) is 0.775. The number of ether oxygens (including phenoxy) is 1. The summed E-state index contributed by atoms with van der Waals surface area (Å²) in [7, 11) is 1.56. The highest BCUT2D eigenvalue weighted by molar-refractivity contribution is 6.05. The zero-order valence-corrected chi connectivity index (χ0v) is 17.3. The molecule has 1 unspecified atom stereocenters. The summed E-state index contributed by atoms with van der Waals surface area (Å²) < 4.78 is 5.26. The van der Waals surface area contributed by atoms with Gasteiger partial charge in [0.1, 0.15) is 5.75 Å². The molecule has 3 rings (SSSR count). The van der Waals surface area contributed by atoms with Crippen molar-refractivity contribution in [2.45, 2.75) is 32.7 Å². The van der Waals surface area contributed by atoms with Crippen molar-refractivity contribution in [2.75, 3.05) is 30.8 Å². The molecule has 154 valence electrons. The first kappa shape index (κ1) is 20.9. The van der Waals surface area contributed by atoms with Gasteiger partial charge in [0.15, 0.2) is 0 Å². The standard InChI is InChI=1S/C23H29N3O3/c1-16-12-14-26(15-13-16)17(2)22(27)24-19-10-8-18(9-11-19)23(28)25-20-6-4-5-7-21(20)29-3/h4-11,16-17H,12-15H2,1-3H3,(H,24,27)(H,25,28). The molecule has 6 heteroatoms. The van der Waals surface area contributed by atoms with E-state index in [1.165, 1.54) is 0 Å². The summed E-state index contributed by atoms with van der Waals surface area (Å²) in [5.41, 5.74) is 1.80. The van der Waals surface area contributed by atoms with Crippen LogP contribution in [0.1, 0.15) is 37.0 Å². The maximum atomic E-state index is 12.6. The molecule has 1 aliphatic heterocycles. The minimum absolute atomic E-state index is 0.0224. The molecule has 1 aliphatic rings. The molecule has 0 aliphatic carbocycles. The Labute approximate surface area is 172 Å². The highest BCUT2D eigenvalue weighted by Gasteiger charge is 2.25. The third kappa shape index (κ3) is 5.35. The Morgan fingerprint density at radius 2 is 1.69 bits per heavy atom. The predicted octanol–water partition coefficient (Wildman–Crippen LogP) is 4.01. The van der Waals surface area contributed by atoms with Gasteiger partial charge in [-0.1, -0.05) is 19.1 Å². The van der Waals surface area contributed by atoms with E-state index in [0.717, 1.165) is 31.8 Å².